The molecule has 46 heavy (non-hydrogen) atoms. The van der Waals surface area contributed by atoms with Gasteiger partial charge in [0, 0.05) is 31.2 Å². The fourth-order valence-electron chi connectivity index (χ4n) is 5.41. The number of likely N-dealkylation sites (N-methyl/N-ethyl adjacent to an activating group) is 1. The van der Waals surface area contributed by atoms with Crippen LogP contribution in [-0.2, 0) is 16.6 Å². The Morgan fingerprint density at radius 2 is 1.67 bits per heavy atom. The van der Waals surface area contributed by atoms with E-state index in [4.69, 9.17) is 9.47 Å². The quantitative estimate of drug-likeness (QED) is 0.208. The summed E-state index contributed by atoms with van der Waals surface area (Å²) in [7, 11) is -1.86. The topological polar surface area (TPSA) is 108 Å². The van der Waals surface area contributed by atoms with Crippen LogP contribution in [0.25, 0.3) is 0 Å². The summed E-state index contributed by atoms with van der Waals surface area (Å²) in [6, 6.07) is 28.5. The van der Waals surface area contributed by atoms with Crippen LogP contribution in [0.4, 0.5) is 5.69 Å². The van der Waals surface area contributed by atoms with Gasteiger partial charge in [0.1, 0.15) is 23.4 Å². The van der Waals surface area contributed by atoms with Crippen molar-refractivity contribution in [3.05, 3.63) is 114 Å². The van der Waals surface area contributed by atoms with Gasteiger partial charge in [0.15, 0.2) is 0 Å². The minimum Gasteiger partial charge on any atom is -0.488 e. The van der Waals surface area contributed by atoms with Crippen molar-refractivity contribution in [2.75, 3.05) is 31.5 Å². The summed E-state index contributed by atoms with van der Waals surface area (Å²) >= 11 is 0. The van der Waals surface area contributed by atoms with Gasteiger partial charge in [-0.25, -0.2) is 8.42 Å². The van der Waals surface area contributed by atoms with Crippen molar-refractivity contribution in [3.8, 4) is 17.2 Å². The number of ether oxygens (including phenoxy) is 2. The number of amides is 1. The number of aryl methyl sites for hydroxylation is 1. The van der Waals surface area contributed by atoms with Gasteiger partial charge in [-0.05, 0) is 81.1 Å². The number of aliphatic hydroxyl groups excluding tert-OH is 1. The molecule has 1 aliphatic rings. The molecule has 2 N–H and O–H groups in total. The summed E-state index contributed by atoms with van der Waals surface area (Å²) < 4.78 is 41.2. The van der Waals surface area contributed by atoms with E-state index in [1.54, 1.807) is 48.2 Å². The van der Waals surface area contributed by atoms with E-state index in [9.17, 15) is 18.3 Å². The van der Waals surface area contributed by atoms with E-state index in [-0.39, 0.29) is 40.7 Å². The molecule has 0 aromatic heterocycles. The zero-order chi connectivity index (χ0) is 32.8. The monoisotopic (exact) mass is 643 g/mol. The average molecular weight is 644 g/mol. The molecule has 4 aromatic carbocycles. The van der Waals surface area contributed by atoms with Crippen LogP contribution in [0.2, 0.25) is 0 Å². The van der Waals surface area contributed by atoms with Crippen molar-refractivity contribution >= 4 is 21.6 Å². The Hall–Kier alpha value is -4.38. The summed E-state index contributed by atoms with van der Waals surface area (Å²) in [4.78, 5) is 17.7. The number of sulfonamides is 1. The maximum Gasteiger partial charge on any atom is 0.261 e. The van der Waals surface area contributed by atoms with Crippen molar-refractivity contribution in [2.24, 2.45) is 5.92 Å². The lowest BCUT2D eigenvalue weighted by Crippen LogP contribution is -2.49. The van der Waals surface area contributed by atoms with Crippen LogP contribution in [0, 0.1) is 12.8 Å². The molecule has 1 amide bonds. The lowest BCUT2D eigenvalue weighted by Gasteiger charge is -2.38. The number of para-hydroxylation sites is 1. The first-order chi connectivity index (χ1) is 22.0. The van der Waals surface area contributed by atoms with E-state index in [1.807, 2.05) is 75.5 Å². The Morgan fingerprint density at radius 3 is 2.35 bits per heavy atom. The van der Waals surface area contributed by atoms with Gasteiger partial charge in [0.2, 0.25) is 0 Å². The number of benzene rings is 4. The van der Waals surface area contributed by atoms with E-state index in [1.165, 1.54) is 6.07 Å². The number of nitrogens with zero attached hydrogens (tertiary/aromatic N) is 2. The molecule has 9 nitrogen and oxygen atoms in total. The highest BCUT2D eigenvalue weighted by Crippen LogP contribution is 2.32. The van der Waals surface area contributed by atoms with Gasteiger partial charge in [-0.1, -0.05) is 55.0 Å². The van der Waals surface area contributed by atoms with Crippen LogP contribution in [0.5, 0.6) is 17.2 Å². The molecule has 3 atom stereocenters. The molecule has 0 bridgehead atoms. The number of carbonyl (C=O) groups is 1. The number of fused-ring (bicyclic) bond motifs is 1. The maximum absolute atomic E-state index is 13.8. The minimum atomic E-state index is -3.88. The van der Waals surface area contributed by atoms with Crippen molar-refractivity contribution < 1.29 is 27.8 Å². The third-order valence-electron chi connectivity index (χ3n) is 8.09. The Balaban J connectivity index is 1.34. The zero-order valence-electron chi connectivity index (χ0n) is 26.6. The van der Waals surface area contributed by atoms with E-state index in [2.05, 4.69) is 9.62 Å². The SMILES string of the molecule is Cc1ccc(S(=O)(=O)Nc2ccc3c(c2)C(=O)N([C@@H](C)CO)C[C@@H](C)[C@@H](CN(C)Cc2ccc(Oc4ccccc4)cc2)O3)cc1. The van der Waals surface area contributed by atoms with Gasteiger partial charge in [-0.2, -0.15) is 0 Å². The highest BCUT2D eigenvalue weighted by atomic mass is 32.2. The molecule has 5 rings (SSSR count). The second-order valence-electron chi connectivity index (χ2n) is 12.0. The fraction of sp³-hybridized carbons (Fsp3) is 0.306. The number of aliphatic hydroxyl groups is 1. The number of hydrogen-bond acceptors (Lipinski definition) is 7. The average Bonchev–Trinajstić information content (AvgIpc) is 3.04. The number of hydrogen-bond donors (Lipinski definition) is 2. The summed E-state index contributed by atoms with van der Waals surface area (Å²) in [5.74, 6) is 1.52. The lowest BCUT2D eigenvalue weighted by molar-refractivity contribution is 0.0341. The first-order valence-corrected chi connectivity index (χ1v) is 16.8. The van der Waals surface area contributed by atoms with E-state index in [0.29, 0.717) is 25.4 Å². The molecular weight excluding hydrogens is 602 g/mol. The van der Waals surface area contributed by atoms with E-state index < -0.39 is 16.1 Å². The van der Waals surface area contributed by atoms with Gasteiger partial charge in [-0.3, -0.25) is 14.4 Å². The van der Waals surface area contributed by atoms with Gasteiger partial charge < -0.3 is 19.5 Å². The summed E-state index contributed by atoms with van der Waals surface area (Å²) in [5.41, 5.74) is 2.53. The van der Waals surface area contributed by atoms with Crippen LogP contribution < -0.4 is 14.2 Å². The van der Waals surface area contributed by atoms with E-state index in [0.717, 1.165) is 22.6 Å². The largest absolute Gasteiger partial charge is 0.488 e. The third kappa shape index (κ3) is 8.06. The van der Waals surface area contributed by atoms with Crippen LogP contribution in [0.15, 0.2) is 102 Å². The molecule has 0 radical (unpaired) electrons. The van der Waals surface area contributed by atoms with Gasteiger partial charge in [0.25, 0.3) is 15.9 Å². The molecule has 1 heterocycles. The zero-order valence-corrected chi connectivity index (χ0v) is 27.4. The van der Waals surface area contributed by atoms with Crippen LogP contribution >= 0.6 is 0 Å². The standard InChI is InChI=1S/C36H41N3O6S/c1-25-10-17-32(18-11-25)46(42,43)37-29-14-19-34-33(20-29)36(41)39(27(3)24-40)21-26(2)35(45-34)23-38(4)22-28-12-15-31(16-13-28)44-30-8-6-5-7-9-30/h5-20,26-27,35,37,40H,21-24H2,1-4H3/t26-,27+,35-/m1/s1. The molecule has 0 fully saturated rings. The van der Waals surface area contributed by atoms with Crippen molar-refractivity contribution in [1.82, 2.24) is 9.80 Å². The lowest BCUT2D eigenvalue weighted by atomic mass is 9.99. The molecule has 1 aliphatic heterocycles. The van der Waals surface area contributed by atoms with Crippen LogP contribution in [0.3, 0.4) is 0 Å². The highest BCUT2D eigenvalue weighted by Gasteiger charge is 2.33. The molecule has 0 unspecified atom stereocenters. The fourth-order valence-corrected chi connectivity index (χ4v) is 6.46. The first-order valence-electron chi connectivity index (χ1n) is 15.3. The smallest absolute Gasteiger partial charge is 0.261 e. The first kappa shape index (κ1) is 33.0. The molecular formula is C36H41N3O6S. The molecule has 4 aromatic rings. The maximum atomic E-state index is 13.8. The van der Waals surface area contributed by atoms with Crippen molar-refractivity contribution in [3.63, 3.8) is 0 Å². The second kappa shape index (κ2) is 14.4. The molecule has 0 aliphatic carbocycles. The predicted molar refractivity (Wildman–Crippen MR) is 179 cm³/mol. The summed E-state index contributed by atoms with van der Waals surface area (Å²) in [6.07, 6.45) is -0.291. The molecule has 0 saturated carbocycles. The summed E-state index contributed by atoms with van der Waals surface area (Å²) in [5, 5.41) is 10.00. The van der Waals surface area contributed by atoms with E-state index >= 15 is 0 Å². The Bertz CT molecular complexity index is 1730. The van der Waals surface area contributed by atoms with Crippen LogP contribution in [-0.4, -0.2) is 68.1 Å². The predicted octanol–water partition coefficient (Wildman–Crippen LogP) is 5.94. The Kier molecular flexibility index (Phi) is 10.3. The summed E-state index contributed by atoms with van der Waals surface area (Å²) in [6.45, 7) is 7.11. The second-order valence-corrected chi connectivity index (χ2v) is 13.7. The Labute approximate surface area is 271 Å². The van der Waals surface area contributed by atoms with Crippen LogP contribution in [0.1, 0.15) is 35.3 Å². The van der Waals surface area contributed by atoms with Gasteiger partial charge >= 0.3 is 0 Å². The molecule has 0 saturated heterocycles. The number of carbonyl (C=O) groups excluding carboxylic acids is 1. The third-order valence-corrected chi connectivity index (χ3v) is 9.49. The minimum absolute atomic E-state index is 0.0603. The Morgan fingerprint density at radius 1 is 1.00 bits per heavy atom. The van der Waals surface area contributed by atoms with Gasteiger partial charge in [-0.15, -0.1) is 0 Å². The van der Waals surface area contributed by atoms with Crippen molar-refractivity contribution in [1.29, 1.82) is 0 Å². The molecule has 10 heteroatoms. The highest BCUT2D eigenvalue weighted by molar-refractivity contribution is 7.92. The number of nitrogens with one attached hydrogen (secondary N) is 1. The molecule has 0 spiro atoms. The number of anilines is 1. The van der Waals surface area contributed by atoms with Gasteiger partial charge in [0.05, 0.1) is 23.1 Å². The van der Waals surface area contributed by atoms with Crippen molar-refractivity contribution in [2.45, 2.75) is 44.4 Å². The number of rotatable bonds is 11. The normalized spacial score (nSPS) is 17.4. The molecule has 242 valence electrons.